The second-order valence-electron chi connectivity index (χ2n) is 7.07. The van der Waals surface area contributed by atoms with Gasteiger partial charge in [-0.1, -0.05) is 48.2 Å². The number of rotatable bonds is 7. The molecule has 0 bridgehead atoms. The van der Waals surface area contributed by atoms with Gasteiger partial charge >= 0.3 is 0 Å². The summed E-state index contributed by atoms with van der Waals surface area (Å²) >= 11 is 6.37. The number of nitrogens with zero attached hydrogens (tertiary/aromatic N) is 2. The van der Waals surface area contributed by atoms with Crippen molar-refractivity contribution in [2.45, 2.75) is 6.61 Å². The molecule has 1 fully saturated rings. The van der Waals surface area contributed by atoms with Gasteiger partial charge in [-0.15, -0.1) is 0 Å². The number of para-hydroxylation sites is 1. The molecule has 8 nitrogen and oxygen atoms in total. The number of nitro benzene ring substituents is 1. The highest BCUT2D eigenvalue weighted by atomic mass is 32.2. The van der Waals surface area contributed by atoms with E-state index in [1.54, 1.807) is 66.7 Å². The second-order valence-corrected chi connectivity index (χ2v) is 8.75. The Bertz CT molecular complexity index is 1290. The van der Waals surface area contributed by atoms with Gasteiger partial charge in [0.2, 0.25) is 0 Å². The molecule has 3 aromatic carbocycles. The van der Waals surface area contributed by atoms with Crippen molar-refractivity contribution < 1.29 is 19.2 Å². The Morgan fingerprint density at radius 1 is 1.06 bits per heavy atom. The Morgan fingerprint density at radius 3 is 2.44 bits per heavy atom. The van der Waals surface area contributed by atoms with Crippen molar-refractivity contribution in [1.82, 2.24) is 10.4 Å². The predicted octanol–water partition coefficient (Wildman–Crippen LogP) is 4.72. The minimum Gasteiger partial charge on any atom is -0.488 e. The highest BCUT2D eigenvalue weighted by Gasteiger charge is 2.34. The van der Waals surface area contributed by atoms with Gasteiger partial charge in [-0.3, -0.25) is 25.1 Å². The van der Waals surface area contributed by atoms with E-state index in [0.29, 0.717) is 21.8 Å². The molecule has 0 unspecified atom stereocenters. The summed E-state index contributed by atoms with van der Waals surface area (Å²) < 4.78 is 6.11. The lowest BCUT2D eigenvalue weighted by Crippen LogP contribution is -2.44. The highest BCUT2D eigenvalue weighted by Crippen LogP contribution is 2.33. The Morgan fingerprint density at radius 2 is 1.74 bits per heavy atom. The summed E-state index contributed by atoms with van der Waals surface area (Å²) in [5.74, 6) is -0.353. The van der Waals surface area contributed by atoms with Crippen molar-refractivity contribution in [3.05, 3.63) is 111 Å². The van der Waals surface area contributed by atoms with Crippen LogP contribution < -0.4 is 10.2 Å². The number of benzene rings is 3. The molecule has 0 saturated carbocycles. The molecule has 1 saturated heterocycles. The van der Waals surface area contributed by atoms with Crippen LogP contribution in [0.25, 0.3) is 6.08 Å². The molecule has 1 aliphatic heterocycles. The fourth-order valence-corrected chi connectivity index (χ4v) is 4.24. The largest absolute Gasteiger partial charge is 0.488 e. The van der Waals surface area contributed by atoms with E-state index in [-0.39, 0.29) is 16.6 Å². The Labute approximate surface area is 204 Å². The maximum absolute atomic E-state index is 12.9. The first-order valence-electron chi connectivity index (χ1n) is 10.0. The number of nitro groups is 1. The van der Waals surface area contributed by atoms with E-state index in [1.165, 1.54) is 12.1 Å². The van der Waals surface area contributed by atoms with E-state index in [2.05, 4.69) is 5.43 Å². The standard InChI is InChI=1S/C24H17N3O5S2/c28-22(17-6-2-1-3-7-17)25-26-23(29)21(34-24(26)33)14-18-8-4-5-9-20(18)32-15-16-10-12-19(13-11-16)27(30)31/h1-14H,15H2,(H,25,28)/b21-14+. The molecular formula is C24H17N3O5S2. The van der Waals surface area contributed by atoms with Crippen LogP contribution in [0.15, 0.2) is 83.8 Å². The third kappa shape index (κ3) is 5.30. The van der Waals surface area contributed by atoms with Crippen LogP contribution in [0.2, 0.25) is 0 Å². The van der Waals surface area contributed by atoms with Crippen molar-refractivity contribution in [2.24, 2.45) is 0 Å². The monoisotopic (exact) mass is 491 g/mol. The average molecular weight is 492 g/mol. The summed E-state index contributed by atoms with van der Waals surface area (Å²) in [5, 5.41) is 11.9. The first kappa shape index (κ1) is 23.1. The fourth-order valence-electron chi connectivity index (χ4n) is 3.07. The van der Waals surface area contributed by atoms with Crippen molar-refractivity contribution in [3.63, 3.8) is 0 Å². The molecule has 1 aliphatic rings. The van der Waals surface area contributed by atoms with Crippen LogP contribution in [0.4, 0.5) is 5.69 Å². The first-order chi connectivity index (χ1) is 16.4. The van der Waals surface area contributed by atoms with Crippen LogP contribution in [0.5, 0.6) is 5.75 Å². The van der Waals surface area contributed by atoms with Crippen LogP contribution in [0, 0.1) is 10.1 Å². The van der Waals surface area contributed by atoms with Crippen molar-refractivity contribution in [1.29, 1.82) is 0 Å². The lowest BCUT2D eigenvalue weighted by molar-refractivity contribution is -0.384. The normalized spacial score (nSPS) is 14.4. The number of carbonyl (C=O) groups is 2. The third-order valence-electron chi connectivity index (χ3n) is 4.79. The molecule has 2 amide bonds. The summed E-state index contributed by atoms with van der Waals surface area (Å²) in [5.41, 5.74) is 4.37. The number of ether oxygens (including phenoxy) is 1. The van der Waals surface area contributed by atoms with E-state index < -0.39 is 16.7 Å². The van der Waals surface area contributed by atoms with Crippen molar-refractivity contribution in [2.75, 3.05) is 0 Å². The zero-order valence-corrected chi connectivity index (χ0v) is 19.2. The van der Waals surface area contributed by atoms with Crippen LogP contribution in [0.3, 0.4) is 0 Å². The van der Waals surface area contributed by atoms with Gasteiger partial charge < -0.3 is 4.74 Å². The molecule has 0 spiro atoms. The summed E-state index contributed by atoms with van der Waals surface area (Å²) in [6.07, 6.45) is 1.65. The molecule has 0 aliphatic carbocycles. The highest BCUT2D eigenvalue weighted by molar-refractivity contribution is 8.26. The van der Waals surface area contributed by atoms with Crippen molar-refractivity contribution in [3.8, 4) is 5.75 Å². The zero-order valence-electron chi connectivity index (χ0n) is 17.5. The average Bonchev–Trinajstić information content (AvgIpc) is 3.11. The van der Waals surface area contributed by atoms with Gasteiger partial charge in [-0.25, -0.2) is 0 Å². The Hall–Kier alpha value is -4.02. The molecule has 34 heavy (non-hydrogen) atoms. The molecule has 1 heterocycles. The minimum atomic E-state index is -0.460. The van der Waals surface area contributed by atoms with E-state index in [4.69, 9.17) is 17.0 Å². The number of hydrazine groups is 1. The number of amides is 2. The molecule has 1 N–H and O–H groups in total. The van der Waals surface area contributed by atoms with Gasteiger partial charge in [-0.2, -0.15) is 5.01 Å². The molecule has 10 heteroatoms. The summed E-state index contributed by atoms with van der Waals surface area (Å²) in [7, 11) is 0. The minimum absolute atomic E-state index is 0.00512. The molecule has 170 valence electrons. The molecular weight excluding hydrogens is 474 g/mol. The molecule has 4 rings (SSSR count). The smallest absolute Gasteiger partial charge is 0.285 e. The third-order valence-corrected chi connectivity index (χ3v) is 6.09. The lowest BCUT2D eigenvalue weighted by atomic mass is 10.1. The number of hydrogen-bond acceptors (Lipinski definition) is 7. The van der Waals surface area contributed by atoms with Gasteiger partial charge in [0.25, 0.3) is 17.5 Å². The number of carbonyl (C=O) groups excluding carboxylic acids is 2. The van der Waals surface area contributed by atoms with Crippen LogP contribution in [0.1, 0.15) is 21.5 Å². The van der Waals surface area contributed by atoms with E-state index in [9.17, 15) is 19.7 Å². The topological polar surface area (TPSA) is 102 Å². The van der Waals surface area contributed by atoms with Gasteiger partial charge in [-0.05, 0) is 54.2 Å². The fraction of sp³-hybridized carbons (Fsp3) is 0.0417. The molecule has 0 radical (unpaired) electrons. The maximum atomic E-state index is 12.9. The van der Waals surface area contributed by atoms with Crippen LogP contribution in [-0.2, 0) is 11.4 Å². The zero-order chi connectivity index (χ0) is 24.1. The number of non-ortho nitro benzene ring substituents is 1. The quantitative estimate of drug-likeness (QED) is 0.221. The lowest BCUT2D eigenvalue weighted by Gasteiger charge is -2.15. The van der Waals surface area contributed by atoms with Crippen LogP contribution in [-0.4, -0.2) is 26.1 Å². The van der Waals surface area contributed by atoms with Gasteiger partial charge in [0.1, 0.15) is 12.4 Å². The van der Waals surface area contributed by atoms with E-state index in [0.717, 1.165) is 22.3 Å². The second kappa shape index (κ2) is 10.3. The predicted molar refractivity (Wildman–Crippen MR) is 133 cm³/mol. The molecule has 0 atom stereocenters. The summed E-state index contributed by atoms with van der Waals surface area (Å²) in [6.45, 7) is 0.191. The molecule has 0 aromatic heterocycles. The van der Waals surface area contributed by atoms with E-state index in [1.807, 2.05) is 6.07 Å². The number of thiocarbonyl (C=S) groups is 1. The van der Waals surface area contributed by atoms with Crippen molar-refractivity contribution >= 4 is 51.9 Å². The number of hydrogen-bond donors (Lipinski definition) is 1. The Kier molecular flexibility index (Phi) is 7.00. The van der Waals surface area contributed by atoms with Crippen LogP contribution >= 0.6 is 24.0 Å². The first-order valence-corrected chi connectivity index (χ1v) is 11.2. The summed E-state index contributed by atoms with van der Waals surface area (Å²) in [4.78, 5) is 36.0. The maximum Gasteiger partial charge on any atom is 0.285 e. The number of nitrogens with one attached hydrogen (secondary N) is 1. The summed E-state index contributed by atoms with van der Waals surface area (Å²) in [6, 6.07) is 21.8. The molecule has 3 aromatic rings. The van der Waals surface area contributed by atoms with Gasteiger partial charge in [0.05, 0.1) is 9.83 Å². The van der Waals surface area contributed by atoms with Gasteiger partial charge in [0.15, 0.2) is 4.32 Å². The SMILES string of the molecule is O=C(NN1C(=O)/C(=C\c2ccccc2OCc2ccc([N+](=O)[O-])cc2)SC1=S)c1ccccc1. The van der Waals surface area contributed by atoms with Gasteiger partial charge in [0, 0.05) is 23.3 Å². The number of thioether (sulfide) groups is 1. The Balaban J connectivity index is 1.47. The van der Waals surface area contributed by atoms with E-state index >= 15 is 0 Å².